The maximum Gasteiger partial charge on any atom is 0.251 e. The summed E-state index contributed by atoms with van der Waals surface area (Å²) in [7, 11) is 7.20. The van der Waals surface area contributed by atoms with E-state index < -0.39 is 0 Å². The van der Waals surface area contributed by atoms with Gasteiger partial charge < -0.3 is 19.7 Å². The highest BCUT2D eigenvalue weighted by molar-refractivity contribution is 5.94. The van der Waals surface area contributed by atoms with E-state index in [9.17, 15) is 4.79 Å². The number of methoxy groups -OCH3 is 2. The Labute approximate surface area is 143 Å². The molecule has 0 saturated heterocycles. The van der Waals surface area contributed by atoms with Crippen LogP contribution in [0, 0.1) is 0 Å². The van der Waals surface area contributed by atoms with Crippen LogP contribution < -0.4 is 14.8 Å². The molecule has 0 aliphatic heterocycles. The SMILES string of the molecule is COc1cccc(C(=O)NC[C@H](c2ccccc2OC)N(C)C)c1. The molecule has 0 bridgehead atoms. The first-order valence-electron chi connectivity index (χ1n) is 7.78. The summed E-state index contributed by atoms with van der Waals surface area (Å²) < 4.78 is 10.6. The van der Waals surface area contributed by atoms with Crippen LogP contribution in [-0.4, -0.2) is 45.7 Å². The lowest BCUT2D eigenvalue weighted by atomic mass is 10.0. The minimum absolute atomic E-state index is 0.00991. The van der Waals surface area contributed by atoms with Crippen LogP contribution >= 0.6 is 0 Å². The van der Waals surface area contributed by atoms with Gasteiger partial charge in [0.05, 0.1) is 20.3 Å². The topological polar surface area (TPSA) is 50.8 Å². The van der Waals surface area contributed by atoms with Crippen molar-refractivity contribution in [1.82, 2.24) is 10.2 Å². The van der Waals surface area contributed by atoms with E-state index in [2.05, 4.69) is 10.2 Å². The lowest BCUT2D eigenvalue weighted by Crippen LogP contribution is -2.34. The van der Waals surface area contributed by atoms with Gasteiger partial charge in [0.2, 0.25) is 0 Å². The second kappa shape index (κ2) is 8.36. The van der Waals surface area contributed by atoms with E-state index in [1.54, 1.807) is 32.4 Å². The van der Waals surface area contributed by atoms with Gasteiger partial charge in [0.25, 0.3) is 5.91 Å². The lowest BCUT2D eigenvalue weighted by Gasteiger charge is -2.26. The third-order valence-corrected chi connectivity index (χ3v) is 3.91. The average Bonchev–Trinajstić information content (AvgIpc) is 2.61. The van der Waals surface area contributed by atoms with Crippen molar-refractivity contribution in [3.63, 3.8) is 0 Å². The second-order valence-corrected chi connectivity index (χ2v) is 5.66. The zero-order chi connectivity index (χ0) is 17.5. The van der Waals surface area contributed by atoms with Gasteiger partial charge in [0, 0.05) is 17.7 Å². The Balaban J connectivity index is 2.12. The third-order valence-electron chi connectivity index (χ3n) is 3.91. The van der Waals surface area contributed by atoms with Crippen molar-refractivity contribution in [3.8, 4) is 11.5 Å². The molecule has 0 aliphatic carbocycles. The third kappa shape index (κ3) is 4.26. The number of carbonyl (C=O) groups is 1. The monoisotopic (exact) mass is 328 g/mol. The fourth-order valence-electron chi connectivity index (χ4n) is 2.57. The number of hydrogen-bond acceptors (Lipinski definition) is 4. The summed E-state index contributed by atoms with van der Waals surface area (Å²) in [6.45, 7) is 0.476. The van der Waals surface area contributed by atoms with Crippen molar-refractivity contribution < 1.29 is 14.3 Å². The molecular weight excluding hydrogens is 304 g/mol. The Morgan fingerprint density at radius 1 is 1.08 bits per heavy atom. The first kappa shape index (κ1) is 17.8. The Bertz CT molecular complexity index is 686. The van der Waals surface area contributed by atoms with Gasteiger partial charge >= 0.3 is 0 Å². The Kier molecular flexibility index (Phi) is 6.21. The number of benzene rings is 2. The van der Waals surface area contributed by atoms with Gasteiger partial charge in [-0.25, -0.2) is 0 Å². The molecule has 128 valence electrons. The molecule has 5 heteroatoms. The van der Waals surface area contributed by atoms with Crippen LogP contribution in [0.3, 0.4) is 0 Å². The molecule has 0 unspecified atom stereocenters. The zero-order valence-corrected chi connectivity index (χ0v) is 14.6. The highest BCUT2D eigenvalue weighted by Gasteiger charge is 2.19. The number of hydrogen-bond donors (Lipinski definition) is 1. The fourth-order valence-corrected chi connectivity index (χ4v) is 2.57. The summed E-state index contributed by atoms with van der Waals surface area (Å²) >= 11 is 0. The van der Waals surface area contributed by atoms with E-state index >= 15 is 0 Å². The highest BCUT2D eigenvalue weighted by Crippen LogP contribution is 2.27. The van der Waals surface area contributed by atoms with E-state index in [4.69, 9.17) is 9.47 Å². The van der Waals surface area contributed by atoms with Gasteiger partial charge in [-0.15, -0.1) is 0 Å². The molecule has 0 heterocycles. The van der Waals surface area contributed by atoms with Crippen molar-refractivity contribution in [1.29, 1.82) is 0 Å². The Morgan fingerprint density at radius 3 is 2.50 bits per heavy atom. The first-order chi connectivity index (χ1) is 11.6. The molecule has 24 heavy (non-hydrogen) atoms. The quantitative estimate of drug-likeness (QED) is 0.849. The summed E-state index contributed by atoms with van der Waals surface area (Å²) in [6.07, 6.45) is 0. The van der Waals surface area contributed by atoms with E-state index in [1.807, 2.05) is 44.4 Å². The van der Waals surface area contributed by atoms with Crippen molar-refractivity contribution >= 4 is 5.91 Å². The number of para-hydroxylation sites is 1. The number of ether oxygens (including phenoxy) is 2. The zero-order valence-electron chi connectivity index (χ0n) is 14.6. The van der Waals surface area contributed by atoms with Gasteiger partial charge in [-0.2, -0.15) is 0 Å². The first-order valence-corrected chi connectivity index (χ1v) is 7.78. The summed E-state index contributed by atoms with van der Waals surface area (Å²) in [5.74, 6) is 1.35. The normalized spacial score (nSPS) is 11.9. The van der Waals surface area contributed by atoms with Crippen LogP contribution in [0.15, 0.2) is 48.5 Å². The predicted octanol–water partition coefficient (Wildman–Crippen LogP) is 2.74. The molecule has 2 rings (SSSR count). The van der Waals surface area contributed by atoms with Crippen LogP contribution in [0.2, 0.25) is 0 Å². The lowest BCUT2D eigenvalue weighted by molar-refractivity contribution is 0.0941. The molecular formula is C19H24N2O3. The maximum atomic E-state index is 12.4. The number of likely N-dealkylation sites (N-methyl/N-ethyl adjacent to an activating group) is 1. The van der Waals surface area contributed by atoms with Crippen LogP contribution in [-0.2, 0) is 0 Å². The second-order valence-electron chi connectivity index (χ2n) is 5.66. The van der Waals surface area contributed by atoms with E-state index in [1.165, 1.54) is 0 Å². The number of nitrogens with zero attached hydrogens (tertiary/aromatic N) is 1. The smallest absolute Gasteiger partial charge is 0.251 e. The average molecular weight is 328 g/mol. The molecule has 1 N–H and O–H groups in total. The molecule has 0 radical (unpaired) electrons. The number of rotatable bonds is 7. The fraction of sp³-hybridized carbons (Fsp3) is 0.316. The van der Waals surface area contributed by atoms with Crippen LogP contribution in [0.5, 0.6) is 11.5 Å². The van der Waals surface area contributed by atoms with Crippen molar-refractivity contribution in [2.75, 3.05) is 34.9 Å². The van der Waals surface area contributed by atoms with Gasteiger partial charge in [0.15, 0.2) is 0 Å². The standard InChI is InChI=1S/C19H24N2O3/c1-21(2)17(16-10-5-6-11-18(16)24-4)13-20-19(22)14-8-7-9-15(12-14)23-3/h5-12,17H,13H2,1-4H3,(H,20,22)/t17-/m1/s1. The summed E-state index contributed by atoms with van der Waals surface area (Å²) in [5.41, 5.74) is 1.61. The van der Waals surface area contributed by atoms with E-state index in [0.29, 0.717) is 17.9 Å². The number of carbonyl (C=O) groups excluding carboxylic acids is 1. The predicted molar refractivity (Wildman–Crippen MR) is 94.7 cm³/mol. The largest absolute Gasteiger partial charge is 0.497 e. The van der Waals surface area contributed by atoms with Crippen molar-refractivity contribution in [2.45, 2.75) is 6.04 Å². The van der Waals surface area contributed by atoms with Crippen LogP contribution in [0.25, 0.3) is 0 Å². The summed E-state index contributed by atoms with van der Waals surface area (Å²) in [6, 6.07) is 15.0. The van der Waals surface area contributed by atoms with Crippen molar-refractivity contribution in [2.24, 2.45) is 0 Å². The molecule has 0 aromatic heterocycles. The minimum Gasteiger partial charge on any atom is -0.497 e. The Morgan fingerprint density at radius 2 is 1.83 bits per heavy atom. The highest BCUT2D eigenvalue weighted by atomic mass is 16.5. The minimum atomic E-state index is -0.129. The molecule has 2 aromatic rings. The van der Waals surface area contributed by atoms with Crippen LogP contribution in [0.1, 0.15) is 22.0 Å². The van der Waals surface area contributed by atoms with Gasteiger partial charge in [0.1, 0.15) is 11.5 Å². The van der Waals surface area contributed by atoms with Crippen LogP contribution in [0.4, 0.5) is 0 Å². The van der Waals surface area contributed by atoms with E-state index in [-0.39, 0.29) is 11.9 Å². The molecule has 0 aliphatic rings. The Hall–Kier alpha value is -2.53. The molecule has 0 saturated carbocycles. The summed E-state index contributed by atoms with van der Waals surface area (Å²) in [4.78, 5) is 14.5. The van der Waals surface area contributed by atoms with Gasteiger partial charge in [-0.1, -0.05) is 24.3 Å². The maximum absolute atomic E-state index is 12.4. The van der Waals surface area contributed by atoms with Gasteiger partial charge in [-0.3, -0.25) is 4.79 Å². The molecule has 2 aromatic carbocycles. The number of amides is 1. The summed E-state index contributed by atoms with van der Waals surface area (Å²) in [5, 5.41) is 2.99. The molecule has 1 atom stereocenters. The molecule has 1 amide bonds. The van der Waals surface area contributed by atoms with E-state index in [0.717, 1.165) is 11.3 Å². The number of nitrogens with one attached hydrogen (secondary N) is 1. The van der Waals surface area contributed by atoms with Gasteiger partial charge in [-0.05, 0) is 38.4 Å². The molecule has 0 fully saturated rings. The van der Waals surface area contributed by atoms with Crippen molar-refractivity contribution in [3.05, 3.63) is 59.7 Å². The molecule has 0 spiro atoms. The molecule has 5 nitrogen and oxygen atoms in total.